The van der Waals surface area contributed by atoms with Crippen LogP contribution in [0, 0.1) is 12.8 Å². The molecule has 2 atom stereocenters. The molecule has 1 N–H and O–H groups in total. The maximum atomic E-state index is 12.8. The van der Waals surface area contributed by atoms with Crippen molar-refractivity contribution in [2.24, 2.45) is 5.92 Å². The van der Waals surface area contributed by atoms with Gasteiger partial charge in [-0.25, -0.2) is 9.78 Å². The van der Waals surface area contributed by atoms with E-state index in [-0.39, 0.29) is 23.6 Å². The van der Waals surface area contributed by atoms with Crippen molar-refractivity contribution in [3.63, 3.8) is 0 Å². The SMILES string of the molecule is Cc1nc(C(=O)O[C@@H](C(=O)N[C@@H]2CCOc3ccccc32)C(C)C)cs1. The van der Waals surface area contributed by atoms with E-state index in [1.54, 1.807) is 5.38 Å². The van der Waals surface area contributed by atoms with Gasteiger partial charge in [0.05, 0.1) is 17.7 Å². The summed E-state index contributed by atoms with van der Waals surface area (Å²) in [5.74, 6) is -0.258. The second-order valence-electron chi connectivity index (χ2n) is 6.56. The smallest absolute Gasteiger partial charge is 0.358 e. The zero-order valence-electron chi connectivity index (χ0n) is 15.0. The number of aryl methyl sites for hydroxylation is 1. The fourth-order valence-electron chi connectivity index (χ4n) is 2.87. The van der Waals surface area contributed by atoms with Crippen LogP contribution < -0.4 is 10.1 Å². The number of para-hydroxylation sites is 1. The maximum absolute atomic E-state index is 12.8. The molecule has 1 aromatic heterocycles. The number of nitrogens with one attached hydrogen (secondary N) is 1. The molecule has 0 spiro atoms. The highest BCUT2D eigenvalue weighted by molar-refractivity contribution is 7.09. The van der Waals surface area contributed by atoms with Crippen molar-refractivity contribution < 1.29 is 19.1 Å². The van der Waals surface area contributed by atoms with Crippen LogP contribution in [0.25, 0.3) is 0 Å². The molecule has 138 valence electrons. The molecule has 0 fully saturated rings. The van der Waals surface area contributed by atoms with Crippen LogP contribution in [0.3, 0.4) is 0 Å². The van der Waals surface area contributed by atoms with E-state index in [4.69, 9.17) is 9.47 Å². The van der Waals surface area contributed by atoms with E-state index in [1.165, 1.54) is 11.3 Å². The second-order valence-corrected chi connectivity index (χ2v) is 7.62. The predicted molar refractivity (Wildman–Crippen MR) is 98.3 cm³/mol. The predicted octanol–water partition coefficient (Wildman–Crippen LogP) is 3.27. The summed E-state index contributed by atoms with van der Waals surface area (Å²) in [5.41, 5.74) is 1.18. The van der Waals surface area contributed by atoms with Crippen LogP contribution in [0.15, 0.2) is 29.6 Å². The number of hydrogen-bond donors (Lipinski definition) is 1. The molecule has 1 amide bonds. The highest BCUT2D eigenvalue weighted by atomic mass is 32.1. The number of aromatic nitrogens is 1. The Hall–Kier alpha value is -2.41. The lowest BCUT2D eigenvalue weighted by molar-refractivity contribution is -0.133. The lowest BCUT2D eigenvalue weighted by Crippen LogP contribution is -2.43. The topological polar surface area (TPSA) is 77.5 Å². The number of rotatable bonds is 5. The highest BCUT2D eigenvalue weighted by Crippen LogP contribution is 2.31. The molecule has 0 unspecified atom stereocenters. The molecular formula is C19H22N2O4S. The van der Waals surface area contributed by atoms with E-state index in [2.05, 4.69) is 10.3 Å². The molecule has 0 bridgehead atoms. The third kappa shape index (κ3) is 4.04. The Balaban J connectivity index is 1.71. The number of carbonyl (C=O) groups is 2. The van der Waals surface area contributed by atoms with Gasteiger partial charge in [-0.3, -0.25) is 4.79 Å². The Morgan fingerprint density at radius 1 is 1.35 bits per heavy atom. The Kier molecular flexibility index (Phi) is 5.56. The zero-order valence-corrected chi connectivity index (χ0v) is 15.8. The van der Waals surface area contributed by atoms with Gasteiger partial charge in [0.2, 0.25) is 0 Å². The van der Waals surface area contributed by atoms with E-state index in [1.807, 2.05) is 45.0 Å². The van der Waals surface area contributed by atoms with Gasteiger partial charge in [-0.15, -0.1) is 11.3 Å². The quantitative estimate of drug-likeness (QED) is 0.813. The molecule has 2 aromatic rings. The molecule has 0 saturated carbocycles. The summed E-state index contributed by atoms with van der Waals surface area (Å²) < 4.78 is 11.1. The summed E-state index contributed by atoms with van der Waals surface area (Å²) in [6, 6.07) is 7.48. The Labute approximate surface area is 156 Å². The minimum absolute atomic E-state index is 0.158. The molecule has 6 nitrogen and oxygen atoms in total. The molecular weight excluding hydrogens is 352 g/mol. The molecule has 1 aliphatic heterocycles. The highest BCUT2D eigenvalue weighted by Gasteiger charge is 2.31. The van der Waals surface area contributed by atoms with Crippen LogP contribution >= 0.6 is 11.3 Å². The minimum Gasteiger partial charge on any atom is -0.493 e. The Bertz CT molecular complexity index is 802. The van der Waals surface area contributed by atoms with Gasteiger partial charge in [-0.2, -0.15) is 0 Å². The van der Waals surface area contributed by atoms with Gasteiger partial charge < -0.3 is 14.8 Å². The van der Waals surface area contributed by atoms with Crippen molar-refractivity contribution in [2.45, 2.75) is 39.3 Å². The summed E-state index contributed by atoms with van der Waals surface area (Å²) in [5, 5.41) is 5.42. The maximum Gasteiger partial charge on any atom is 0.358 e. The molecule has 3 rings (SSSR count). The number of carbonyl (C=O) groups excluding carboxylic acids is 2. The summed E-state index contributed by atoms with van der Waals surface area (Å²) >= 11 is 1.37. The number of benzene rings is 1. The van der Waals surface area contributed by atoms with Gasteiger partial charge in [0.25, 0.3) is 5.91 Å². The zero-order chi connectivity index (χ0) is 18.7. The fraction of sp³-hybridized carbons (Fsp3) is 0.421. The van der Waals surface area contributed by atoms with E-state index in [0.29, 0.717) is 13.0 Å². The van der Waals surface area contributed by atoms with Crippen molar-refractivity contribution in [1.29, 1.82) is 0 Å². The standard InChI is InChI=1S/C19H22N2O4S/c1-11(2)17(25-19(23)15-10-26-12(3)20-15)18(22)21-14-8-9-24-16-7-5-4-6-13(14)16/h4-7,10-11,14,17H,8-9H2,1-3H3,(H,21,22)/t14-,17-/m1/s1. The molecule has 2 heterocycles. The number of fused-ring (bicyclic) bond motifs is 1. The summed E-state index contributed by atoms with van der Waals surface area (Å²) in [4.78, 5) is 29.2. The monoisotopic (exact) mass is 374 g/mol. The molecule has 1 aliphatic rings. The van der Waals surface area contributed by atoms with E-state index in [9.17, 15) is 9.59 Å². The summed E-state index contributed by atoms with van der Waals surface area (Å²) in [6.07, 6.45) is -0.202. The van der Waals surface area contributed by atoms with Gasteiger partial charge >= 0.3 is 5.97 Å². The number of esters is 1. The number of ether oxygens (including phenoxy) is 2. The number of amides is 1. The Morgan fingerprint density at radius 2 is 2.12 bits per heavy atom. The molecule has 0 saturated heterocycles. The lowest BCUT2D eigenvalue weighted by Gasteiger charge is -2.29. The van der Waals surface area contributed by atoms with E-state index >= 15 is 0 Å². The average molecular weight is 374 g/mol. The van der Waals surface area contributed by atoms with Crippen LogP contribution in [-0.2, 0) is 9.53 Å². The first-order valence-electron chi connectivity index (χ1n) is 8.61. The fourth-order valence-corrected chi connectivity index (χ4v) is 3.45. The van der Waals surface area contributed by atoms with Crippen LogP contribution in [-0.4, -0.2) is 29.6 Å². The van der Waals surface area contributed by atoms with Gasteiger partial charge in [0.1, 0.15) is 5.75 Å². The van der Waals surface area contributed by atoms with Crippen molar-refractivity contribution in [3.05, 3.63) is 45.9 Å². The van der Waals surface area contributed by atoms with Gasteiger partial charge in [-0.05, 0) is 18.9 Å². The van der Waals surface area contributed by atoms with Crippen LogP contribution in [0.1, 0.15) is 47.4 Å². The van der Waals surface area contributed by atoms with Crippen LogP contribution in [0.2, 0.25) is 0 Å². The molecule has 0 aliphatic carbocycles. The average Bonchev–Trinajstić information content (AvgIpc) is 3.06. The normalized spacial score (nSPS) is 17.2. The summed E-state index contributed by atoms with van der Waals surface area (Å²) in [7, 11) is 0. The van der Waals surface area contributed by atoms with Gasteiger partial charge in [0.15, 0.2) is 11.8 Å². The molecule has 7 heteroatoms. The third-order valence-electron chi connectivity index (χ3n) is 4.20. The van der Waals surface area contributed by atoms with Crippen molar-refractivity contribution >= 4 is 23.2 Å². The number of nitrogens with zero attached hydrogens (tertiary/aromatic N) is 1. The first kappa shape index (κ1) is 18.4. The first-order valence-corrected chi connectivity index (χ1v) is 9.49. The molecule has 26 heavy (non-hydrogen) atoms. The second kappa shape index (κ2) is 7.86. The van der Waals surface area contributed by atoms with Crippen molar-refractivity contribution in [1.82, 2.24) is 10.3 Å². The third-order valence-corrected chi connectivity index (χ3v) is 4.97. The largest absolute Gasteiger partial charge is 0.493 e. The van der Waals surface area contributed by atoms with Crippen LogP contribution in [0.4, 0.5) is 0 Å². The number of thiazole rings is 1. The van der Waals surface area contributed by atoms with E-state index in [0.717, 1.165) is 16.3 Å². The lowest BCUT2D eigenvalue weighted by atomic mass is 9.99. The van der Waals surface area contributed by atoms with Crippen LogP contribution in [0.5, 0.6) is 5.75 Å². The summed E-state index contributed by atoms with van der Waals surface area (Å²) in [6.45, 7) is 6.05. The van der Waals surface area contributed by atoms with Gasteiger partial charge in [-0.1, -0.05) is 32.0 Å². The van der Waals surface area contributed by atoms with Crippen molar-refractivity contribution in [2.75, 3.05) is 6.61 Å². The Morgan fingerprint density at radius 3 is 2.81 bits per heavy atom. The molecule has 1 aromatic carbocycles. The van der Waals surface area contributed by atoms with Crippen molar-refractivity contribution in [3.8, 4) is 5.75 Å². The number of hydrogen-bond acceptors (Lipinski definition) is 6. The first-order chi connectivity index (χ1) is 12.5. The van der Waals surface area contributed by atoms with Gasteiger partial charge in [0, 0.05) is 17.4 Å². The van der Waals surface area contributed by atoms with E-state index < -0.39 is 12.1 Å². The molecule has 0 radical (unpaired) electrons. The minimum atomic E-state index is -0.875.